The maximum Gasteiger partial charge on any atom is 0.225 e. The molecule has 0 saturated carbocycles. The van der Waals surface area contributed by atoms with Gasteiger partial charge in [-0.1, -0.05) is 6.92 Å². The molecule has 25 heavy (non-hydrogen) atoms. The summed E-state index contributed by atoms with van der Waals surface area (Å²) in [6, 6.07) is 1.76. The second-order valence-electron chi connectivity index (χ2n) is 6.36. The minimum Gasteiger partial charge on any atom is -0.386 e. The molecule has 0 radical (unpaired) electrons. The fourth-order valence-corrected chi connectivity index (χ4v) is 3.06. The Labute approximate surface area is 146 Å². The van der Waals surface area contributed by atoms with E-state index in [1.165, 1.54) is 0 Å². The van der Waals surface area contributed by atoms with Crippen LogP contribution in [-0.2, 0) is 17.8 Å². The lowest BCUT2D eigenvalue weighted by Gasteiger charge is -2.23. The first-order chi connectivity index (χ1) is 12.1. The van der Waals surface area contributed by atoms with Crippen LogP contribution in [-0.4, -0.2) is 55.8 Å². The summed E-state index contributed by atoms with van der Waals surface area (Å²) in [7, 11) is 0. The summed E-state index contributed by atoms with van der Waals surface area (Å²) in [5.74, 6) is 1.51. The molecule has 2 aromatic heterocycles. The molecule has 134 valence electrons. The number of imidazole rings is 1. The average molecular weight is 344 g/mol. The van der Waals surface area contributed by atoms with Crippen LogP contribution in [0.1, 0.15) is 25.6 Å². The molecule has 1 aliphatic heterocycles. The van der Waals surface area contributed by atoms with Crippen LogP contribution >= 0.6 is 0 Å². The molecule has 3 rings (SSSR count). The van der Waals surface area contributed by atoms with Crippen LogP contribution in [0.3, 0.4) is 0 Å². The van der Waals surface area contributed by atoms with Gasteiger partial charge in [-0.2, -0.15) is 0 Å². The number of carbonyl (C=O) groups is 1. The number of aliphatic hydroxyl groups is 1. The van der Waals surface area contributed by atoms with Crippen LogP contribution in [0.4, 0.5) is 5.95 Å². The van der Waals surface area contributed by atoms with Crippen LogP contribution in [0.15, 0.2) is 30.9 Å². The van der Waals surface area contributed by atoms with Gasteiger partial charge in [0.05, 0.1) is 6.54 Å². The van der Waals surface area contributed by atoms with Gasteiger partial charge < -0.3 is 19.9 Å². The topological polar surface area (TPSA) is 96.2 Å². The standard InChI is InChI=1S/C17H24N6O2/c1-2-14-18-8-11-22(14)9-4-15(24)21-12-17(25)5-10-23(13-17)16-19-6-3-7-20-16/h3,6-8,11,25H,2,4-5,9-10,12-13H2,1H3,(H,21,24). The number of hydrogen-bond donors (Lipinski definition) is 2. The Balaban J connectivity index is 1.45. The van der Waals surface area contributed by atoms with Crippen molar-refractivity contribution in [2.24, 2.45) is 0 Å². The van der Waals surface area contributed by atoms with Gasteiger partial charge in [0.1, 0.15) is 11.4 Å². The van der Waals surface area contributed by atoms with Gasteiger partial charge in [0.15, 0.2) is 0 Å². The molecule has 1 saturated heterocycles. The quantitative estimate of drug-likeness (QED) is 0.754. The molecule has 8 heteroatoms. The largest absolute Gasteiger partial charge is 0.386 e. The summed E-state index contributed by atoms with van der Waals surface area (Å²) in [6.45, 7) is 3.96. The molecule has 3 heterocycles. The van der Waals surface area contributed by atoms with Crippen molar-refractivity contribution < 1.29 is 9.90 Å². The maximum absolute atomic E-state index is 12.1. The highest BCUT2D eigenvalue weighted by atomic mass is 16.3. The van der Waals surface area contributed by atoms with E-state index in [0.29, 0.717) is 38.4 Å². The van der Waals surface area contributed by atoms with Crippen LogP contribution in [0.25, 0.3) is 0 Å². The van der Waals surface area contributed by atoms with Gasteiger partial charge in [0.2, 0.25) is 11.9 Å². The first kappa shape index (κ1) is 17.3. The zero-order valence-corrected chi connectivity index (χ0v) is 14.4. The Morgan fingerprint density at radius 3 is 2.88 bits per heavy atom. The molecule has 8 nitrogen and oxygen atoms in total. The lowest BCUT2D eigenvalue weighted by molar-refractivity contribution is -0.122. The fraction of sp³-hybridized carbons (Fsp3) is 0.529. The number of anilines is 1. The van der Waals surface area contributed by atoms with Gasteiger partial charge in [0.25, 0.3) is 0 Å². The first-order valence-corrected chi connectivity index (χ1v) is 8.61. The molecule has 0 aromatic carbocycles. The zero-order valence-electron chi connectivity index (χ0n) is 14.4. The smallest absolute Gasteiger partial charge is 0.225 e. The minimum atomic E-state index is -0.946. The minimum absolute atomic E-state index is 0.0708. The van der Waals surface area contributed by atoms with Crippen molar-refractivity contribution in [3.05, 3.63) is 36.7 Å². The van der Waals surface area contributed by atoms with E-state index in [4.69, 9.17) is 0 Å². The van der Waals surface area contributed by atoms with Gasteiger partial charge in [-0.3, -0.25) is 4.79 Å². The van der Waals surface area contributed by atoms with Crippen molar-refractivity contribution in [3.8, 4) is 0 Å². The number of β-amino-alcohol motifs (C(OH)–C–C–N with tert-alkyl or cyclic N) is 1. The lowest BCUT2D eigenvalue weighted by Crippen LogP contribution is -2.45. The second-order valence-corrected chi connectivity index (χ2v) is 6.36. The van der Waals surface area contributed by atoms with E-state index in [-0.39, 0.29) is 12.5 Å². The molecule has 1 atom stereocenters. The highest BCUT2D eigenvalue weighted by Crippen LogP contribution is 2.23. The number of nitrogens with one attached hydrogen (secondary N) is 1. The van der Waals surface area contributed by atoms with Crippen LogP contribution in [0, 0.1) is 0 Å². The Kier molecular flexibility index (Phi) is 5.28. The number of nitrogens with zero attached hydrogens (tertiary/aromatic N) is 5. The van der Waals surface area contributed by atoms with Gasteiger partial charge in [-0.15, -0.1) is 0 Å². The van der Waals surface area contributed by atoms with E-state index in [2.05, 4.69) is 20.3 Å². The maximum atomic E-state index is 12.1. The molecule has 0 aliphatic carbocycles. The number of rotatable bonds is 7. The van der Waals surface area contributed by atoms with Crippen molar-refractivity contribution in [2.75, 3.05) is 24.5 Å². The monoisotopic (exact) mass is 344 g/mol. The van der Waals surface area contributed by atoms with Gasteiger partial charge in [-0.25, -0.2) is 15.0 Å². The van der Waals surface area contributed by atoms with E-state index in [1.807, 2.05) is 22.6 Å². The van der Waals surface area contributed by atoms with Crippen molar-refractivity contribution in [1.82, 2.24) is 24.8 Å². The van der Waals surface area contributed by atoms with E-state index < -0.39 is 5.60 Å². The number of amides is 1. The Morgan fingerprint density at radius 1 is 1.32 bits per heavy atom. The van der Waals surface area contributed by atoms with Crippen molar-refractivity contribution in [1.29, 1.82) is 0 Å². The number of aromatic nitrogens is 4. The third kappa shape index (κ3) is 4.33. The molecule has 1 fully saturated rings. The van der Waals surface area contributed by atoms with Crippen molar-refractivity contribution in [3.63, 3.8) is 0 Å². The molecular weight excluding hydrogens is 320 g/mol. The summed E-state index contributed by atoms with van der Waals surface area (Å²) in [6.07, 6.45) is 8.78. The molecule has 0 spiro atoms. The summed E-state index contributed by atoms with van der Waals surface area (Å²) in [5, 5.41) is 13.5. The van der Waals surface area contributed by atoms with Crippen LogP contribution in [0.2, 0.25) is 0 Å². The normalized spacial score (nSPS) is 20.0. The molecule has 1 amide bonds. The highest BCUT2D eigenvalue weighted by molar-refractivity contribution is 5.75. The molecule has 1 aliphatic rings. The predicted molar refractivity (Wildman–Crippen MR) is 93.0 cm³/mol. The Hall–Kier alpha value is -2.48. The van der Waals surface area contributed by atoms with E-state index in [1.54, 1.807) is 24.7 Å². The van der Waals surface area contributed by atoms with Gasteiger partial charge in [0, 0.05) is 57.3 Å². The fourth-order valence-electron chi connectivity index (χ4n) is 3.06. The number of aryl methyl sites for hydroxylation is 2. The molecule has 0 bridgehead atoms. The lowest BCUT2D eigenvalue weighted by atomic mass is 10.0. The van der Waals surface area contributed by atoms with E-state index in [0.717, 1.165) is 12.2 Å². The summed E-state index contributed by atoms with van der Waals surface area (Å²) >= 11 is 0. The number of hydrogen-bond acceptors (Lipinski definition) is 6. The second kappa shape index (κ2) is 7.60. The average Bonchev–Trinajstić information content (AvgIpc) is 3.26. The van der Waals surface area contributed by atoms with Gasteiger partial charge in [-0.05, 0) is 12.5 Å². The van der Waals surface area contributed by atoms with Crippen molar-refractivity contribution >= 4 is 11.9 Å². The predicted octanol–water partition coefficient (Wildman–Crippen LogP) is 0.383. The molecule has 1 unspecified atom stereocenters. The molecular formula is C17H24N6O2. The number of carbonyl (C=O) groups excluding carboxylic acids is 1. The summed E-state index contributed by atoms with van der Waals surface area (Å²) in [4.78, 5) is 26.7. The van der Waals surface area contributed by atoms with Crippen LogP contribution < -0.4 is 10.2 Å². The van der Waals surface area contributed by atoms with E-state index in [9.17, 15) is 9.90 Å². The molecule has 2 N–H and O–H groups in total. The first-order valence-electron chi connectivity index (χ1n) is 8.61. The Bertz CT molecular complexity index is 704. The summed E-state index contributed by atoms with van der Waals surface area (Å²) < 4.78 is 1.98. The SMILES string of the molecule is CCc1nccn1CCC(=O)NCC1(O)CCN(c2ncccn2)C1. The van der Waals surface area contributed by atoms with E-state index >= 15 is 0 Å². The third-order valence-corrected chi connectivity index (χ3v) is 4.48. The summed E-state index contributed by atoms with van der Waals surface area (Å²) in [5.41, 5.74) is -0.946. The zero-order chi connectivity index (χ0) is 17.7. The van der Waals surface area contributed by atoms with Crippen LogP contribution in [0.5, 0.6) is 0 Å². The van der Waals surface area contributed by atoms with Crippen molar-refractivity contribution in [2.45, 2.75) is 38.3 Å². The highest BCUT2D eigenvalue weighted by Gasteiger charge is 2.37. The molecule has 2 aromatic rings. The third-order valence-electron chi connectivity index (χ3n) is 4.48. The van der Waals surface area contributed by atoms with Gasteiger partial charge >= 0.3 is 0 Å². The Morgan fingerprint density at radius 2 is 2.12 bits per heavy atom.